The molecular weight excluding hydrogens is 277 g/mol. The van der Waals surface area contributed by atoms with Crippen molar-refractivity contribution in [2.45, 2.75) is 4.90 Å². The maximum atomic E-state index is 13.3. The molecule has 0 saturated carbocycles. The SMILES string of the molecule is O=C(CSc1ccccc1F)NC(=O)c1ccccc1. The summed E-state index contributed by atoms with van der Waals surface area (Å²) in [6, 6.07) is 14.6. The molecule has 0 aliphatic heterocycles. The van der Waals surface area contributed by atoms with Gasteiger partial charge in [0.1, 0.15) is 5.82 Å². The molecule has 0 unspecified atom stereocenters. The number of halogens is 1. The van der Waals surface area contributed by atoms with Crippen LogP contribution in [0.25, 0.3) is 0 Å². The van der Waals surface area contributed by atoms with Gasteiger partial charge in [0.15, 0.2) is 0 Å². The van der Waals surface area contributed by atoms with E-state index >= 15 is 0 Å². The van der Waals surface area contributed by atoms with Crippen LogP contribution in [0.3, 0.4) is 0 Å². The molecule has 2 aromatic rings. The van der Waals surface area contributed by atoms with Crippen molar-refractivity contribution in [2.75, 3.05) is 5.75 Å². The Morgan fingerprint density at radius 3 is 2.35 bits per heavy atom. The van der Waals surface area contributed by atoms with E-state index in [1.807, 2.05) is 0 Å². The molecule has 5 heteroatoms. The van der Waals surface area contributed by atoms with Gasteiger partial charge < -0.3 is 0 Å². The van der Waals surface area contributed by atoms with Crippen LogP contribution in [-0.2, 0) is 4.79 Å². The van der Waals surface area contributed by atoms with E-state index in [4.69, 9.17) is 0 Å². The standard InChI is InChI=1S/C15H12FNO2S/c16-12-8-4-5-9-13(12)20-10-14(18)17-15(19)11-6-2-1-3-7-11/h1-9H,10H2,(H,17,18,19). The minimum atomic E-state index is -0.454. The summed E-state index contributed by atoms with van der Waals surface area (Å²) in [5, 5.41) is 2.26. The van der Waals surface area contributed by atoms with Gasteiger partial charge in [-0.25, -0.2) is 4.39 Å². The minimum Gasteiger partial charge on any atom is -0.292 e. The molecule has 0 aromatic heterocycles. The molecule has 0 bridgehead atoms. The number of amides is 2. The van der Waals surface area contributed by atoms with E-state index in [0.29, 0.717) is 10.5 Å². The molecular formula is C15H12FNO2S. The summed E-state index contributed by atoms with van der Waals surface area (Å²) in [6.45, 7) is 0. The van der Waals surface area contributed by atoms with Crippen LogP contribution in [0.4, 0.5) is 4.39 Å². The van der Waals surface area contributed by atoms with E-state index in [9.17, 15) is 14.0 Å². The number of benzene rings is 2. The molecule has 0 atom stereocenters. The van der Waals surface area contributed by atoms with Gasteiger partial charge in [0.2, 0.25) is 5.91 Å². The number of hydrogen-bond donors (Lipinski definition) is 1. The minimum absolute atomic E-state index is 0.0144. The van der Waals surface area contributed by atoms with Gasteiger partial charge in [-0.1, -0.05) is 30.3 Å². The van der Waals surface area contributed by atoms with Crippen molar-refractivity contribution in [3.8, 4) is 0 Å². The van der Waals surface area contributed by atoms with Gasteiger partial charge in [0.25, 0.3) is 5.91 Å². The van der Waals surface area contributed by atoms with Crippen LogP contribution >= 0.6 is 11.8 Å². The number of thioether (sulfide) groups is 1. The molecule has 2 aromatic carbocycles. The number of carbonyl (C=O) groups excluding carboxylic acids is 2. The Hall–Kier alpha value is -2.14. The average molecular weight is 289 g/mol. The summed E-state index contributed by atoms with van der Waals surface area (Å²) in [5.41, 5.74) is 0.414. The monoisotopic (exact) mass is 289 g/mol. The molecule has 102 valence electrons. The van der Waals surface area contributed by atoms with Crippen LogP contribution in [0.2, 0.25) is 0 Å². The summed E-state index contributed by atoms with van der Waals surface area (Å²) in [4.78, 5) is 23.7. The molecule has 20 heavy (non-hydrogen) atoms. The van der Waals surface area contributed by atoms with Gasteiger partial charge in [0, 0.05) is 10.5 Å². The highest BCUT2D eigenvalue weighted by atomic mass is 32.2. The van der Waals surface area contributed by atoms with Crippen LogP contribution in [-0.4, -0.2) is 17.6 Å². The predicted octanol–water partition coefficient (Wildman–Crippen LogP) is 2.87. The van der Waals surface area contributed by atoms with Crippen molar-refractivity contribution in [3.05, 3.63) is 66.0 Å². The van der Waals surface area contributed by atoms with Crippen molar-refractivity contribution in [3.63, 3.8) is 0 Å². The molecule has 1 N–H and O–H groups in total. The number of carbonyl (C=O) groups is 2. The van der Waals surface area contributed by atoms with Crippen molar-refractivity contribution in [1.29, 1.82) is 0 Å². The lowest BCUT2D eigenvalue weighted by Gasteiger charge is -2.04. The zero-order valence-electron chi connectivity index (χ0n) is 10.5. The molecule has 0 aliphatic rings. The quantitative estimate of drug-likeness (QED) is 0.880. The van der Waals surface area contributed by atoms with E-state index in [0.717, 1.165) is 11.8 Å². The summed E-state index contributed by atoms with van der Waals surface area (Å²) in [6.07, 6.45) is 0. The Balaban J connectivity index is 1.87. The van der Waals surface area contributed by atoms with Crippen LogP contribution < -0.4 is 5.32 Å². The number of imide groups is 1. The maximum absolute atomic E-state index is 13.3. The van der Waals surface area contributed by atoms with Crippen molar-refractivity contribution < 1.29 is 14.0 Å². The fraction of sp³-hybridized carbons (Fsp3) is 0.0667. The highest BCUT2D eigenvalue weighted by molar-refractivity contribution is 8.00. The third kappa shape index (κ3) is 3.93. The second-order valence-corrected chi connectivity index (χ2v) is 4.98. The molecule has 0 fully saturated rings. The lowest BCUT2D eigenvalue weighted by atomic mass is 10.2. The topological polar surface area (TPSA) is 46.2 Å². The Labute approximate surface area is 120 Å². The van der Waals surface area contributed by atoms with Crippen LogP contribution in [0.5, 0.6) is 0 Å². The van der Waals surface area contributed by atoms with Gasteiger partial charge in [-0.05, 0) is 24.3 Å². The first kappa shape index (κ1) is 14.3. The van der Waals surface area contributed by atoms with Gasteiger partial charge in [0.05, 0.1) is 5.75 Å². The molecule has 0 heterocycles. The molecule has 2 rings (SSSR count). The normalized spacial score (nSPS) is 10.1. The molecule has 3 nitrogen and oxygen atoms in total. The van der Waals surface area contributed by atoms with Crippen molar-refractivity contribution in [1.82, 2.24) is 5.32 Å². The average Bonchev–Trinajstić information content (AvgIpc) is 2.47. The van der Waals surface area contributed by atoms with Gasteiger partial charge >= 0.3 is 0 Å². The fourth-order valence-electron chi connectivity index (χ4n) is 1.53. The van der Waals surface area contributed by atoms with E-state index in [2.05, 4.69) is 5.32 Å². The van der Waals surface area contributed by atoms with E-state index in [1.165, 1.54) is 6.07 Å². The highest BCUT2D eigenvalue weighted by Gasteiger charge is 2.11. The summed E-state index contributed by atoms with van der Waals surface area (Å²) >= 11 is 1.05. The van der Waals surface area contributed by atoms with E-state index in [-0.39, 0.29) is 11.6 Å². The molecule has 0 aliphatic carbocycles. The Bertz CT molecular complexity index is 616. The van der Waals surface area contributed by atoms with Gasteiger partial charge in [-0.2, -0.15) is 0 Å². The Morgan fingerprint density at radius 2 is 1.65 bits per heavy atom. The van der Waals surface area contributed by atoms with Crippen molar-refractivity contribution >= 4 is 23.6 Å². The Morgan fingerprint density at radius 1 is 1.00 bits per heavy atom. The summed E-state index contributed by atoms with van der Waals surface area (Å²) in [5.74, 6) is -1.30. The van der Waals surface area contributed by atoms with E-state index in [1.54, 1.807) is 48.5 Å². The first-order chi connectivity index (χ1) is 9.66. The fourth-order valence-corrected chi connectivity index (χ4v) is 2.27. The third-order valence-electron chi connectivity index (χ3n) is 2.48. The lowest BCUT2D eigenvalue weighted by molar-refractivity contribution is -0.117. The first-order valence-electron chi connectivity index (χ1n) is 5.93. The van der Waals surface area contributed by atoms with E-state index < -0.39 is 11.8 Å². The molecule has 0 spiro atoms. The molecule has 2 amide bonds. The second kappa shape index (κ2) is 6.86. The molecule has 0 saturated heterocycles. The molecule has 0 radical (unpaired) electrons. The second-order valence-electron chi connectivity index (χ2n) is 3.96. The first-order valence-corrected chi connectivity index (χ1v) is 6.92. The lowest BCUT2D eigenvalue weighted by Crippen LogP contribution is -2.31. The van der Waals surface area contributed by atoms with Crippen molar-refractivity contribution in [2.24, 2.45) is 0 Å². The predicted molar refractivity (Wildman–Crippen MR) is 76.0 cm³/mol. The number of hydrogen-bond acceptors (Lipinski definition) is 3. The third-order valence-corrected chi connectivity index (χ3v) is 3.53. The van der Waals surface area contributed by atoms with Crippen LogP contribution in [0.1, 0.15) is 10.4 Å². The zero-order chi connectivity index (χ0) is 14.4. The number of rotatable bonds is 4. The smallest absolute Gasteiger partial charge is 0.257 e. The van der Waals surface area contributed by atoms with Crippen LogP contribution in [0, 0.1) is 5.82 Å². The Kier molecular flexibility index (Phi) is 4.90. The number of nitrogens with one attached hydrogen (secondary N) is 1. The van der Waals surface area contributed by atoms with Crippen LogP contribution in [0.15, 0.2) is 59.5 Å². The summed E-state index contributed by atoms with van der Waals surface area (Å²) < 4.78 is 13.3. The zero-order valence-corrected chi connectivity index (χ0v) is 11.3. The highest BCUT2D eigenvalue weighted by Crippen LogP contribution is 2.20. The van der Waals surface area contributed by atoms with Gasteiger partial charge in [-0.3, -0.25) is 14.9 Å². The summed E-state index contributed by atoms with van der Waals surface area (Å²) in [7, 11) is 0. The largest absolute Gasteiger partial charge is 0.292 e. The van der Waals surface area contributed by atoms with Gasteiger partial charge in [-0.15, -0.1) is 11.8 Å². The maximum Gasteiger partial charge on any atom is 0.257 e.